The molecule has 2 aromatic rings. The Balaban J connectivity index is 1.41. The molecule has 34 heavy (non-hydrogen) atoms. The molecule has 3 rings (SSSR count). The van der Waals surface area contributed by atoms with Crippen LogP contribution in [0, 0.1) is 6.92 Å². The number of amides is 1. The number of carbonyl (C=O) groups is 1. The van der Waals surface area contributed by atoms with Crippen LogP contribution in [0.2, 0.25) is 0 Å². The first-order valence-electron chi connectivity index (χ1n) is 10.8. The van der Waals surface area contributed by atoms with Gasteiger partial charge in [0, 0.05) is 37.8 Å². The van der Waals surface area contributed by atoms with Gasteiger partial charge in [-0.1, -0.05) is 0 Å². The smallest absolute Gasteiger partial charge is 0.379 e. The highest BCUT2D eigenvalue weighted by Gasteiger charge is 2.33. The molecule has 1 aliphatic rings. The second-order valence-corrected chi connectivity index (χ2v) is 8.28. The first kappa shape index (κ1) is 25.4. The van der Waals surface area contributed by atoms with Gasteiger partial charge in [-0.15, -0.1) is 0 Å². The number of H-pyrrole nitrogens is 1. The number of rotatable bonds is 8. The summed E-state index contributed by atoms with van der Waals surface area (Å²) >= 11 is 0. The maximum Gasteiger partial charge on any atom is 0.434 e. The molecule has 0 spiro atoms. The second-order valence-electron chi connectivity index (χ2n) is 8.28. The van der Waals surface area contributed by atoms with Gasteiger partial charge in [0.1, 0.15) is 12.4 Å². The monoisotopic (exact) mass is 483 g/mol. The third kappa shape index (κ3) is 6.43. The van der Waals surface area contributed by atoms with Gasteiger partial charge in [-0.3, -0.25) is 9.59 Å². The lowest BCUT2D eigenvalue weighted by Gasteiger charge is -2.37. The lowest BCUT2D eigenvalue weighted by atomic mass is 10.0. The maximum atomic E-state index is 12.7. The van der Waals surface area contributed by atoms with Crippen molar-refractivity contribution in [3.05, 3.63) is 40.2 Å². The molecule has 0 saturated carbocycles. The molecule has 1 aliphatic heterocycles. The van der Waals surface area contributed by atoms with Crippen LogP contribution in [0.15, 0.2) is 23.4 Å². The van der Waals surface area contributed by atoms with Gasteiger partial charge >= 0.3 is 6.18 Å². The Morgan fingerprint density at radius 3 is 2.62 bits per heavy atom. The molecule has 0 aliphatic carbocycles. The topological polar surface area (TPSA) is 116 Å². The van der Waals surface area contributed by atoms with E-state index in [0.29, 0.717) is 43.0 Å². The number of hydrogen-bond acceptors (Lipinski definition) is 8. The van der Waals surface area contributed by atoms with E-state index in [-0.39, 0.29) is 36.8 Å². The average molecular weight is 483 g/mol. The van der Waals surface area contributed by atoms with E-state index in [4.69, 9.17) is 4.74 Å². The van der Waals surface area contributed by atoms with Crippen molar-refractivity contribution in [3.8, 4) is 0 Å². The van der Waals surface area contributed by atoms with Gasteiger partial charge in [0.05, 0.1) is 30.9 Å². The molecule has 186 valence electrons. The van der Waals surface area contributed by atoms with Gasteiger partial charge < -0.3 is 19.9 Å². The zero-order valence-corrected chi connectivity index (χ0v) is 19.2. The number of ether oxygens (including phenoxy) is 1. The van der Waals surface area contributed by atoms with E-state index in [1.807, 2.05) is 11.8 Å². The van der Waals surface area contributed by atoms with E-state index < -0.39 is 11.9 Å². The van der Waals surface area contributed by atoms with Gasteiger partial charge in [0.2, 0.25) is 5.91 Å². The predicted octanol–water partition coefficient (Wildman–Crippen LogP) is 1.83. The Kier molecular flexibility index (Phi) is 8.07. The molecule has 13 heteroatoms. The number of nitrogens with zero attached hydrogens (tertiary/aromatic N) is 5. The average Bonchev–Trinajstić information content (AvgIpc) is 2.81. The van der Waals surface area contributed by atoms with Crippen molar-refractivity contribution in [2.24, 2.45) is 0 Å². The number of piperidine rings is 1. The normalized spacial score (nSPS) is 15.8. The predicted molar refractivity (Wildman–Crippen MR) is 119 cm³/mol. The number of aromatic amines is 1. The van der Waals surface area contributed by atoms with Crippen LogP contribution in [0.25, 0.3) is 0 Å². The summed E-state index contributed by atoms with van der Waals surface area (Å²) in [6, 6.07) is -0.149. The van der Waals surface area contributed by atoms with E-state index in [2.05, 4.69) is 25.5 Å². The minimum atomic E-state index is -4.52. The summed E-state index contributed by atoms with van der Waals surface area (Å²) in [5, 5.41) is 9.26. The molecule has 1 amide bonds. The summed E-state index contributed by atoms with van der Waals surface area (Å²) in [5.41, 5.74) is -0.171. The second kappa shape index (κ2) is 10.8. The Morgan fingerprint density at radius 2 is 2.00 bits per heavy atom. The molecule has 0 unspecified atom stereocenters. The van der Waals surface area contributed by atoms with E-state index in [1.165, 1.54) is 6.20 Å². The van der Waals surface area contributed by atoms with Gasteiger partial charge in [-0.2, -0.15) is 18.3 Å². The van der Waals surface area contributed by atoms with Crippen molar-refractivity contribution in [3.63, 3.8) is 0 Å². The standard InChI is InChI=1S/C21H28F3N7O3/c1-13(28-16-8-27-29-20(33)14(16)2)11-34-12-19(32)30(3)15-4-6-31(7-5-15)18-10-25-17(9-26-18)21(22,23)24/h8-10,13,15H,4-7,11-12H2,1-3H3,(H2,28,29,33)/t13-/m0/s1. The largest absolute Gasteiger partial charge is 0.434 e. The van der Waals surface area contributed by atoms with Crippen LogP contribution in [0.5, 0.6) is 0 Å². The third-order valence-corrected chi connectivity index (χ3v) is 5.76. The summed E-state index contributed by atoms with van der Waals surface area (Å²) in [6.07, 6.45) is 0.167. The first-order valence-corrected chi connectivity index (χ1v) is 10.8. The Labute approximate surface area is 194 Å². The Hall–Kier alpha value is -3.22. The molecular formula is C21H28F3N7O3. The Morgan fingerprint density at radius 1 is 1.29 bits per heavy atom. The minimum absolute atomic E-state index is 0.00456. The van der Waals surface area contributed by atoms with Gasteiger partial charge in [-0.25, -0.2) is 15.1 Å². The van der Waals surface area contributed by atoms with Crippen molar-refractivity contribution in [1.82, 2.24) is 25.1 Å². The molecule has 2 N–H and O–H groups in total. The number of likely N-dealkylation sites (N-methyl/N-ethyl adjacent to an activating group) is 1. The molecule has 1 saturated heterocycles. The molecule has 0 aromatic carbocycles. The fraction of sp³-hybridized carbons (Fsp3) is 0.571. The molecule has 10 nitrogen and oxygen atoms in total. The molecule has 0 bridgehead atoms. The van der Waals surface area contributed by atoms with Crippen LogP contribution in [-0.4, -0.2) is 76.4 Å². The summed E-state index contributed by atoms with van der Waals surface area (Å²) in [4.78, 5) is 35.0. The van der Waals surface area contributed by atoms with Crippen molar-refractivity contribution >= 4 is 17.4 Å². The van der Waals surface area contributed by atoms with Crippen LogP contribution in [0.3, 0.4) is 0 Å². The van der Waals surface area contributed by atoms with Crippen LogP contribution >= 0.6 is 0 Å². The highest BCUT2D eigenvalue weighted by atomic mass is 19.4. The van der Waals surface area contributed by atoms with Gasteiger partial charge in [0.25, 0.3) is 5.56 Å². The molecule has 0 radical (unpaired) electrons. The van der Waals surface area contributed by atoms with E-state index in [1.54, 1.807) is 18.9 Å². The van der Waals surface area contributed by atoms with E-state index in [9.17, 15) is 22.8 Å². The van der Waals surface area contributed by atoms with Crippen molar-refractivity contribution in [2.75, 3.05) is 43.6 Å². The summed E-state index contributed by atoms with van der Waals surface area (Å²) in [7, 11) is 1.72. The van der Waals surface area contributed by atoms with E-state index >= 15 is 0 Å². The number of hydrogen-bond donors (Lipinski definition) is 2. The first-order chi connectivity index (χ1) is 16.1. The Bertz CT molecular complexity index is 1020. The minimum Gasteiger partial charge on any atom is -0.379 e. The number of nitrogens with one attached hydrogen (secondary N) is 2. The fourth-order valence-electron chi connectivity index (χ4n) is 3.65. The van der Waals surface area contributed by atoms with Crippen molar-refractivity contribution < 1.29 is 22.7 Å². The van der Waals surface area contributed by atoms with Crippen LogP contribution in [0.1, 0.15) is 31.0 Å². The van der Waals surface area contributed by atoms with E-state index in [0.717, 1.165) is 12.4 Å². The molecule has 2 aromatic heterocycles. The SMILES string of the molecule is Cc1c(N[C@@H](C)COCC(=O)N(C)C2CCN(c3cnc(C(F)(F)F)cn3)CC2)cn[nH]c1=O. The van der Waals surface area contributed by atoms with Crippen molar-refractivity contribution in [2.45, 2.75) is 44.9 Å². The number of aromatic nitrogens is 4. The molecule has 3 heterocycles. The lowest BCUT2D eigenvalue weighted by Crippen LogP contribution is -2.47. The highest BCUT2D eigenvalue weighted by molar-refractivity contribution is 5.77. The van der Waals surface area contributed by atoms with Crippen LogP contribution in [-0.2, 0) is 15.7 Å². The van der Waals surface area contributed by atoms with Crippen LogP contribution < -0.4 is 15.8 Å². The number of carbonyl (C=O) groups excluding carboxylic acids is 1. The summed E-state index contributed by atoms with van der Waals surface area (Å²) in [5.74, 6) is 0.227. The fourth-order valence-corrected chi connectivity index (χ4v) is 3.65. The lowest BCUT2D eigenvalue weighted by molar-refractivity contribution is -0.141. The summed E-state index contributed by atoms with van der Waals surface area (Å²) < 4.78 is 43.5. The van der Waals surface area contributed by atoms with Gasteiger partial charge in [0.15, 0.2) is 5.69 Å². The van der Waals surface area contributed by atoms with Gasteiger partial charge in [-0.05, 0) is 26.7 Å². The van der Waals surface area contributed by atoms with Crippen molar-refractivity contribution in [1.29, 1.82) is 0 Å². The zero-order valence-electron chi connectivity index (χ0n) is 19.2. The zero-order chi connectivity index (χ0) is 24.9. The van der Waals surface area contributed by atoms with Crippen LogP contribution in [0.4, 0.5) is 24.7 Å². The highest BCUT2D eigenvalue weighted by Crippen LogP contribution is 2.28. The number of alkyl halides is 3. The summed E-state index contributed by atoms with van der Waals surface area (Å²) in [6.45, 7) is 4.83. The number of anilines is 2. The molecular weight excluding hydrogens is 455 g/mol. The maximum absolute atomic E-state index is 12.7. The number of halogens is 3. The molecule has 1 fully saturated rings. The quantitative estimate of drug-likeness (QED) is 0.584. The third-order valence-electron chi connectivity index (χ3n) is 5.76. The molecule has 1 atom stereocenters.